The summed E-state index contributed by atoms with van der Waals surface area (Å²) in [5.41, 5.74) is 0.786. The molecule has 0 amide bonds. The highest BCUT2D eigenvalue weighted by atomic mass is 16.6. The van der Waals surface area contributed by atoms with Crippen LogP contribution in [-0.4, -0.2) is 28.0 Å². The minimum atomic E-state index is -0.712. The zero-order valence-electron chi connectivity index (χ0n) is 14.6. The minimum Gasteiger partial charge on any atom is -0.465 e. The standard InChI is InChI=1S/C19H15N3O5/c1-11-8-9-13(10-14(11)22(25)26)17-15(18(23)27-2)16(20-19(24)21-17)12-6-4-3-5-7-12/h3-10H,1-2H3,(H,20,21,24). The molecule has 8 heteroatoms. The van der Waals surface area contributed by atoms with Crippen LogP contribution in [0.5, 0.6) is 0 Å². The van der Waals surface area contributed by atoms with Crippen molar-refractivity contribution < 1.29 is 14.5 Å². The van der Waals surface area contributed by atoms with Crippen molar-refractivity contribution >= 4 is 11.7 Å². The third-order valence-electron chi connectivity index (χ3n) is 4.06. The van der Waals surface area contributed by atoms with Crippen molar-refractivity contribution in [2.75, 3.05) is 7.11 Å². The van der Waals surface area contributed by atoms with E-state index in [4.69, 9.17) is 4.74 Å². The Kier molecular flexibility index (Phi) is 4.80. The molecule has 0 aliphatic rings. The highest BCUT2D eigenvalue weighted by Crippen LogP contribution is 2.31. The first-order valence-corrected chi connectivity index (χ1v) is 7.96. The molecular formula is C19H15N3O5. The fraction of sp³-hybridized carbons (Fsp3) is 0.105. The van der Waals surface area contributed by atoms with Gasteiger partial charge in [0.15, 0.2) is 0 Å². The van der Waals surface area contributed by atoms with E-state index in [1.807, 2.05) is 0 Å². The number of aromatic nitrogens is 2. The van der Waals surface area contributed by atoms with Gasteiger partial charge in [0.2, 0.25) is 0 Å². The third-order valence-corrected chi connectivity index (χ3v) is 4.06. The van der Waals surface area contributed by atoms with E-state index in [-0.39, 0.29) is 28.2 Å². The van der Waals surface area contributed by atoms with Gasteiger partial charge in [0.05, 0.1) is 23.4 Å². The van der Waals surface area contributed by atoms with Crippen molar-refractivity contribution in [2.45, 2.75) is 6.92 Å². The summed E-state index contributed by atoms with van der Waals surface area (Å²) >= 11 is 0. The number of carbonyl (C=O) groups excluding carboxylic acids is 1. The molecule has 3 aromatic rings. The number of nitro benzene ring substituents is 1. The van der Waals surface area contributed by atoms with Gasteiger partial charge in [-0.15, -0.1) is 0 Å². The number of ether oxygens (including phenoxy) is 1. The summed E-state index contributed by atoms with van der Waals surface area (Å²) in [7, 11) is 1.21. The molecule has 2 aromatic carbocycles. The summed E-state index contributed by atoms with van der Waals surface area (Å²) in [5.74, 6) is -0.712. The number of nitrogens with one attached hydrogen (secondary N) is 1. The predicted molar refractivity (Wildman–Crippen MR) is 98.5 cm³/mol. The number of nitrogens with zero attached hydrogens (tertiary/aromatic N) is 2. The van der Waals surface area contributed by atoms with E-state index in [0.717, 1.165) is 0 Å². The van der Waals surface area contributed by atoms with Gasteiger partial charge < -0.3 is 9.72 Å². The number of nitro groups is 1. The molecule has 27 heavy (non-hydrogen) atoms. The molecule has 8 nitrogen and oxygen atoms in total. The van der Waals surface area contributed by atoms with Crippen LogP contribution in [0.2, 0.25) is 0 Å². The number of aryl methyl sites for hydroxylation is 1. The zero-order chi connectivity index (χ0) is 19.6. The second-order valence-corrected chi connectivity index (χ2v) is 5.76. The van der Waals surface area contributed by atoms with Gasteiger partial charge in [-0.25, -0.2) is 9.59 Å². The lowest BCUT2D eigenvalue weighted by atomic mass is 9.99. The van der Waals surface area contributed by atoms with Crippen LogP contribution in [0.15, 0.2) is 53.3 Å². The second-order valence-electron chi connectivity index (χ2n) is 5.76. The van der Waals surface area contributed by atoms with Gasteiger partial charge in [-0.1, -0.05) is 42.5 Å². The Morgan fingerprint density at radius 2 is 1.85 bits per heavy atom. The molecule has 0 saturated carbocycles. The van der Waals surface area contributed by atoms with Gasteiger partial charge in [0, 0.05) is 17.2 Å². The van der Waals surface area contributed by atoms with Crippen LogP contribution in [0.25, 0.3) is 22.5 Å². The van der Waals surface area contributed by atoms with E-state index < -0.39 is 16.6 Å². The van der Waals surface area contributed by atoms with Gasteiger partial charge in [-0.3, -0.25) is 10.1 Å². The number of methoxy groups -OCH3 is 1. The van der Waals surface area contributed by atoms with Crippen molar-refractivity contribution in [3.8, 4) is 22.5 Å². The molecule has 0 saturated heterocycles. The lowest BCUT2D eigenvalue weighted by molar-refractivity contribution is -0.385. The van der Waals surface area contributed by atoms with E-state index >= 15 is 0 Å². The molecule has 0 aliphatic heterocycles. The average Bonchev–Trinajstić information content (AvgIpc) is 2.67. The molecule has 0 atom stereocenters. The summed E-state index contributed by atoms with van der Waals surface area (Å²) in [4.78, 5) is 41.8. The molecule has 3 rings (SSSR count). The normalized spacial score (nSPS) is 10.4. The molecule has 0 bridgehead atoms. The molecule has 0 radical (unpaired) electrons. The highest BCUT2D eigenvalue weighted by molar-refractivity contribution is 6.02. The maximum absolute atomic E-state index is 12.5. The molecule has 1 heterocycles. The summed E-state index contributed by atoms with van der Waals surface area (Å²) in [6.07, 6.45) is 0. The monoisotopic (exact) mass is 365 g/mol. The molecule has 0 unspecified atom stereocenters. The molecule has 0 fully saturated rings. The van der Waals surface area contributed by atoms with Crippen molar-refractivity contribution in [2.24, 2.45) is 0 Å². The third kappa shape index (κ3) is 3.45. The van der Waals surface area contributed by atoms with Crippen LogP contribution in [-0.2, 0) is 4.74 Å². The number of rotatable bonds is 4. The van der Waals surface area contributed by atoms with Crippen molar-refractivity contribution in [3.63, 3.8) is 0 Å². The first kappa shape index (κ1) is 18.0. The average molecular weight is 365 g/mol. The van der Waals surface area contributed by atoms with Gasteiger partial charge in [0.1, 0.15) is 5.56 Å². The Bertz CT molecular complexity index is 1090. The van der Waals surface area contributed by atoms with Crippen LogP contribution in [0.4, 0.5) is 5.69 Å². The molecule has 136 valence electrons. The van der Waals surface area contributed by atoms with Crippen LogP contribution in [0.1, 0.15) is 15.9 Å². The lowest BCUT2D eigenvalue weighted by Gasteiger charge is -2.12. The molecule has 0 spiro atoms. The molecule has 1 aromatic heterocycles. The van der Waals surface area contributed by atoms with Crippen molar-refractivity contribution in [1.82, 2.24) is 9.97 Å². The van der Waals surface area contributed by atoms with Crippen LogP contribution in [0, 0.1) is 17.0 Å². The summed E-state index contributed by atoms with van der Waals surface area (Å²) < 4.78 is 4.87. The fourth-order valence-electron chi connectivity index (χ4n) is 2.76. The lowest BCUT2D eigenvalue weighted by Crippen LogP contribution is -2.19. The van der Waals surface area contributed by atoms with Crippen LogP contribution < -0.4 is 5.69 Å². The molecule has 1 N–H and O–H groups in total. The van der Waals surface area contributed by atoms with Gasteiger partial charge in [-0.2, -0.15) is 4.98 Å². The van der Waals surface area contributed by atoms with Crippen molar-refractivity contribution in [1.29, 1.82) is 0 Å². The number of benzene rings is 2. The largest absolute Gasteiger partial charge is 0.465 e. The SMILES string of the molecule is COC(=O)c1c(-c2ccc(C)c([N+](=O)[O-])c2)nc(=O)[nH]c1-c1ccccc1. The maximum Gasteiger partial charge on any atom is 0.346 e. The van der Waals surface area contributed by atoms with E-state index in [1.54, 1.807) is 49.4 Å². The smallest absolute Gasteiger partial charge is 0.346 e. The minimum absolute atomic E-state index is 0.0209. The maximum atomic E-state index is 12.5. The molecular weight excluding hydrogens is 350 g/mol. The quantitative estimate of drug-likeness (QED) is 0.431. The Morgan fingerprint density at radius 3 is 2.48 bits per heavy atom. The predicted octanol–water partition coefficient (Wildman–Crippen LogP) is 3.11. The number of esters is 1. The molecule has 0 aliphatic carbocycles. The number of hydrogen-bond donors (Lipinski definition) is 1. The van der Waals surface area contributed by atoms with Crippen LogP contribution >= 0.6 is 0 Å². The highest BCUT2D eigenvalue weighted by Gasteiger charge is 2.24. The second kappa shape index (κ2) is 7.20. The summed E-state index contributed by atoms with van der Waals surface area (Å²) in [6.45, 7) is 1.60. The van der Waals surface area contributed by atoms with Crippen molar-refractivity contribution in [3.05, 3.63) is 80.3 Å². The first-order chi connectivity index (χ1) is 12.9. The Balaban J connectivity index is 2.35. The van der Waals surface area contributed by atoms with E-state index in [1.165, 1.54) is 13.2 Å². The van der Waals surface area contributed by atoms with E-state index in [2.05, 4.69) is 9.97 Å². The topological polar surface area (TPSA) is 115 Å². The number of hydrogen-bond acceptors (Lipinski definition) is 6. The summed E-state index contributed by atoms with van der Waals surface area (Å²) in [6, 6.07) is 13.2. The first-order valence-electron chi connectivity index (χ1n) is 7.96. The van der Waals surface area contributed by atoms with Gasteiger partial charge in [-0.05, 0) is 12.5 Å². The van der Waals surface area contributed by atoms with Gasteiger partial charge in [0.25, 0.3) is 5.69 Å². The number of aromatic amines is 1. The van der Waals surface area contributed by atoms with Crippen LogP contribution in [0.3, 0.4) is 0 Å². The fourth-order valence-corrected chi connectivity index (χ4v) is 2.76. The number of H-pyrrole nitrogens is 1. The van der Waals surface area contributed by atoms with E-state index in [0.29, 0.717) is 11.1 Å². The number of carbonyl (C=O) groups is 1. The Hall–Kier alpha value is -3.81. The van der Waals surface area contributed by atoms with E-state index in [9.17, 15) is 19.7 Å². The zero-order valence-corrected chi connectivity index (χ0v) is 14.6. The summed E-state index contributed by atoms with van der Waals surface area (Å²) in [5, 5.41) is 11.3. The van der Waals surface area contributed by atoms with Gasteiger partial charge >= 0.3 is 11.7 Å². The Labute approximate surface area is 153 Å². The Morgan fingerprint density at radius 1 is 1.15 bits per heavy atom.